The number of aryl methyl sites for hydroxylation is 1. The van der Waals surface area contributed by atoms with Gasteiger partial charge in [0.25, 0.3) is 0 Å². The Morgan fingerprint density at radius 3 is 2.53 bits per heavy atom. The number of nitrogen functional groups attached to an aromatic ring is 1. The first-order chi connectivity index (χ1) is 7.88. The second-order valence-corrected chi connectivity index (χ2v) is 19.3. The standard InChI is InChI=1S/C8H8N5.3CH3.Sn/c1-13-3-2-7(12-13)6-4-10-8(9)11-5-6;;;;/h2-4H,1H3,(H2,9,10,11);3*1H3;. The molecule has 0 unspecified atom stereocenters. The molecular formula is C11H17N5Sn. The molecule has 0 atom stereocenters. The van der Waals surface area contributed by atoms with E-state index in [0.717, 1.165) is 15.0 Å². The number of nitrogens with two attached hydrogens (primary N) is 1. The van der Waals surface area contributed by atoms with Crippen molar-refractivity contribution in [3.8, 4) is 11.3 Å². The van der Waals surface area contributed by atoms with Crippen molar-refractivity contribution in [2.24, 2.45) is 7.05 Å². The number of aromatic nitrogens is 4. The number of anilines is 1. The third-order valence-electron chi connectivity index (χ3n) is 2.51. The van der Waals surface area contributed by atoms with Crippen LogP contribution in [-0.2, 0) is 7.05 Å². The predicted molar refractivity (Wildman–Crippen MR) is 71.6 cm³/mol. The van der Waals surface area contributed by atoms with Gasteiger partial charge in [0, 0.05) is 0 Å². The molecule has 0 bridgehead atoms. The average Bonchev–Trinajstić information content (AvgIpc) is 2.63. The van der Waals surface area contributed by atoms with Crippen LogP contribution in [0.5, 0.6) is 0 Å². The molecule has 2 aromatic rings. The van der Waals surface area contributed by atoms with Gasteiger partial charge in [-0.2, -0.15) is 0 Å². The molecule has 0 radical (unpaired) electrons. The van der Waals surface area contributed by atoms with Crippen molar-refractivity contribution in [3.63, 3.8) is 0 Å². The van der Waals surface area contributed by atoms with E-state index in [1.54, 1.807) is 10.9 Å². The Labute approximate surface area is 105 Å². The predicted octanol–water partition coefficient (Wildman–Crippen LogP) is 1.00. The Morgan fingerprint density at radius 1 is 1.29 bits per heavy atom. The molecule has 5 nitrogen and oxygen atoms in total. The zero-order valence-electron chi connectivity index (χ0n) is 10.6. The summed E-state index contributed by atoms with van der Waals surface area (Å²) in [7, 11) is 1.90. The van der Waals surface area contributed by atoms with Crippen LogP contribution >= 0.6 is 0 Å². The van der Waals surface area contributed by atoms with E-state index >= 15 is 0 Å². The Morgan fingerprint density at radius 2 is 2.00 bits per heavy atom. The molecule has 0 aliphatic carbocycles. The summed E-state index contributed by atoms with van der Waals surface area (Å²) in [4.78, 5) is 15.5. The van der Waals surface area contributed by atoms with E-state index in [2.05, 4.69) is 29.9 Å². The molecule has 0 aliphatic heterocycles. The minimum absolute atomic E-state index is 0.353. The van der Waals surface area contributed by atoms with Crippen LogP contribution in [0.3, 0.4) is 0 Å². The molecule has 0 aliphatic rings. The maximum absolute atomic E-state index is 5.69. The first kappa shape index (κ1) is 12.3. The van der Waals surface area contributed by atoms with Gasteiger partial charge in [0.1, 0.15) is 0 Å². The molecule has 6 heteroatoms. The van der Waals surface area contributed by atoms with Gasteiger partial charge in [0.15, 0.2) is 0 Å². The normalized spacial score (nSPS) is 11.8. The van der Waals surface area contributed by atoms with E-state index in [1.807, 2.05) is 19.3 Å². The van der Waals surface area contributed by atoms with Crippen molar-refractivity contribution < 1.29 is 0 Å². The first-order valence-electron chi connectivity index (χ1n) is 5.51. The summed E-state index contributed by atoms with van der Waals surface area (Å²) in [5.41, 5.74) is 7.65. The maximum atomic E-state index is 5.69. The van der Waals surface area contributed by atoms with Crippen molar-refractivity contribution in [2.75, 3.05) is 5.73 Å². The Balaban J connectivity index is 2.61. The van der Waals surface area contributed by atoms with Crippen molar-refractivity contribution >= 4 is 28.0 Å². The van der Waals surface area contributed by atoms with Crippen molar-refractivity contribution in [1.29, 1.82) is 0 Å². The van der Waals surface area contributed by atoms with Gasteiger partial charge < -0.3 is 0 Å². The Kier molecular flexibility index (Phi) is 3.11. The van der Waals surface area contributed by atoms with Crippen LogP contribution in [0, 0.1) is 0 Å². The van der Waals surface area contributed by atoms with Crippen molar-refractivity contribution in [3.05, 3.63) is 18.5 Å². The van der Waals surface area contributed by atoms with Gasteiger partial charge >= 0.3 is 105 Å². The molecule has 2 aromatic heterocycles. The van der Waals surface area contributed by atoms with Gasteiger partial charge in [-0.3, -0.25) is 0 Å². The zero-order valence-corrected chi connectivity index (χ0v) is 13.5. The third kappa shape index (κ3) is 2.59. The summed E-state index contributed by atoms with van der Waals surface area (Å²) in [5.74, 6) is 0.353. The second kappa shape index (κ2) is 4.29. The molecular weight excluding hydrogens is 321 g/mol. The van der Waals surface area contributed by atoms with Crippen LogP contribution in [0.4, 0.5) is 5.95 Å². The molecule has 0 amide bonds. The fraction of sp³-hybridized carbons (Fsp3) is 0.364. The van der Waals surface area contributed by atoms with Gasteiger partial charge in [0.2, 0.25) is 0 Å². The fourth-order valence-corrected chi connectivity index (χ4v) is 5.85. The van der Waals surface area contributed by atoms with Crippen LogP contribution in [-0.4, -0.2) is 38.1 Å². The zero-order chi connectivity index (χ0) is 12.6. The van der Waals surface area contributed by atoms with E-state index in [9.17, 15) is 0 Å². The van der Waals surface area contributed by atoms with E-state index < -0.39 is 18.4 Å². The third-order valence-corrected chi connectivity index (χ3v) is 7.65. The van der Waals surface area contributed by atoms with E-state index in [0.29, 0.717) is 5.95 Å². The summed E-state index contributed by atoms with van der Waals surface area (Å²) in [6, 6.07) is 1.98. The molecule has 2 N–H and O–H groups in total. The molecule has 2 heterocycles. The van der Waals surface area contributed by atoms with Gasteiger partial charge in [-0.05, 0) is 0 Å². The number of nitrogens with zero attached hydrogens (tertiary/aromatic N) is 4. The number of hydrogen-bond donors (Lipinski definition) is 1. The Hall–Kier alpha value is -1.11. The quantitative estimate of drug-likeness (QED) is 0.830. The van der Waals surface area contributed by atoms with Crippen LogP contribution in [0.1, 0.15) is 0 Å². The van der Waals surface area contributed by atoms with Crippen LogP contribution in [0.15, 0.2) is 18.5 Å². The van der Waals surface area contributed by atoms with Gasteiger partial charge in [-0.15, -0.1) is 0 Å². The van der Waals surface area contributed by atoms with Crippen LogP contribution < -0.4 is 9.44 Å². The summed E-state index contributed by atoms with van der Waals surface area (Å²) < 4.78 is 2.92. The molecule has 0 saturated carbocycles. The first-order valence-corrected chi connectivity index (χ1v) is 15.5. The van der Waals surface area contributed by atoms with Gasteiger partial charge in [-0.1, -0.05) is 0 Å². The molecule has 90 valence electrons. The van der Waals surface area contributed by atoms with Gasteiger partial charge in [0.05, 0.1) is 0 Å². The number of hydrogen-bond acceptors (Lipinski definition) is 4. The topological polar surface area (TPSA) is 69.6 Å². The molecule has 0 fully saturated rings. The minimum atomic E-state index is -2.32. The van der Waals surface area contributed by atoms with Crippen molar-refractivity contribution in [1.82, 2.24) is 19.7 Å². The van der Waals surface area contributed by atoms with E-state index in [-0.39, 0.29) is 0 Å². The van der Waals surface area contributed by atoms with Crippen LogP contribution in [0.25, 0.3) is 11.3 Å². The van der Waals surface area contributed by atoms with E-state index in [4.69, 9.17) is 5.73 Å². The van der Waals surface area contributed by atoms with E-state index in [1.165, 1.54) is 0 Å². The fourth-order valence-electron chi connectivity index (χ4n) is 1.71. The van der Waals surface area contributed by atoms with Crippen molar-refractivity contribution in [2.45, 2.75) is 14.8 Å². The molecule has 17 heavy (non-hydrogen) atoms. The molecule has 2 rings (SSSR count). The van der Waals surface area contributed by atoms with Gasteiger partial charge in [-0.25, -0.2) is 0 Å². The average molecular weight is 338 g/mol. The molecule has 0 aromatic carbocycles. The summed E-state index contributed by atoms with van der Waals surface area (Å²) in [5, 5.41) is 4.41. The summed E-state index contributed by atoms with van der Waals surface area (Å²) in [6.07, 6.45) is 3.72. The SMILES string of the molecule is Cn1ccc(-c2cnc(N)n[c]2[Sn]([CH3])([CH3])[CH3])n1. The number of rotatable bonds is 2. The monoisotopic (exact) mass is 339 g/mol. The summed E-state index contributed by atoms with van der Waals surface area (Å²) in [6.45, 7) is 0. The summed E-state index contributed by atoms with van der Waals surface area (Å²) >= 11 is -2.32. The Bertz CT molecular complexity index is 541. The van der Waals surface area contributed by atoms with Crippen LogP contribution in [0.2, 0.25) is 14.8 Å². The second-order valence-electron chi connectivity index (χ2n) is 5.12. The molecule has 0 saturated heterocycles. The molecule has 0 spiro atoms.